The molecule has 1 unspecified atom stereocenters. The summed E-state index contributed by atoms with van der Waals surface area (Å²) >= 11 is 1.68. The van der Waals surface area contributed by atoms with E-state index in [1.54, 1.807) is 11.3 Å². The van der Waals surface area contributed by atoms with E-state index >= 15 is 0 Å². The first-order chi connectivity index (χ1) is 9.78. The van der Waals surface area contributed by atoms with E-state index in [4.69, 9.17) is 5.73 Å². The Bertz CT molecular complexity index is 461. The van der Waals surface area contributed by atoms with Crippen molar-refractivity contribution < 1.29 is 4.79 Å². The van der Waals surface area contributed by atoms with Crippen LogP contribution < -0.4 is 11.1 Å². The molecule has 1 amide bonds. The predicted molar refractivity (Wildman–Crippen MR) is 90.5 cm³/mol. The van der Waals surface area contributed by atoms with Crippen LogP contribution in [0.4, 0.5) is 0 Å². The van der Waals surface area contributed by atoms with E-state index in [0.717, 1.165) is 17.7 Å². The quantitative estimate of drug-likeness (QED) is 0.891. The number of aryl methyl sites for hydroxylation is 2. The van der Waals surface area contributed by atoms with Crippen molar-refractivity contribution in [3.05, 3.63) is 21.4 Å². The van der Waals surface area contributed by atoms with Gasteiger partial charge < -0.3 is 11.1 Å². The van der Waals surface area contributed by atoms with Crippen molar-refractivity contribution in [2.45, 2.75) is 57.4 Å². The molecule has 3 rings (SSSR count). The second kappa shape index (κ2) is 7.61. The number of thiophene rings is 1. The molecule has 1 fully saturated rings. The zero-order valence-electron chi connectivity index (χ0n) is 12.4. The molecular weight excluding hydrogens is 304 g/mol. The summed E-state index contributed by atoms with van der Waals surface area (Å²) < 4.78 is 0. The number of hydrogen-bond acceptors (Lipinski definition) is 3. The highest BCUT2D eigenvalue weighted by molar-refractivity contribution is 7.14. The molecule has 1 aromatic heterocycles. The Balaban J connectivity index is 0.00000161. The van der Waals surface area contributed by atoms with Gasteiger partial charge in [0.05, 0.1) is 4.88 Å². The maximum Gasteiger partial charge on any atom is 0.261 e. The summed E-state index contributed by atoms with van der Waals surface area (Å²) in [6, 6.07) is 2.25. The maximum atomic E-state index is 12.4. The van der Waals surface area contributed by atoms with Crippen LogP contribution >= 0.6 is 23.7 Å². The fourth-order valence-corrected chi connectivity index (χ4v) is 4.74. The second-order valence-corrected chi connectivity index (χ2v) is 7.26. The summed E-state index contributed by atoms with van der Waals surface area (Å²) in [6.45, 7) is 0.557. The van der Waals surface area contributed by atoms with Crippen molar-refractivity contribution in [2.75, 3.05) is 6.54 Å². The van der Waals surface area contributed by atoms with Gasteiger partial charge in [-0.3, -0.25) is 4.79 Å². The van der Waals surface area contributed by atoms with Crippen LogP contribution in [0.5, 0.6) is 0 Å². The van der Waals surface area contributed by atoms with Crippen molar-refractivity contribution in [3.8, 4) is 0 Å². The first-order valence-corrected chi connectivity index (χ1v) is 8.72. The monoisotopic (exact) mass is 328 g/mol. The molecule has 0 spiro atoms. The van der Waals surface area contributed by atoms with Crippen LogP contribution in [0.15, 0.2) is 6.07 Å². The molecule has 0 aromatic carbocycles. The molecule has 3 N–H and O–H groups in total. The van der Waals surface area contributed by atoms with Crippen molar-refractivity contribution in [1.82, 2.24) is 5.32 Å². The van der Waals surface area contributed by atoms with Crippen LogP contribution in [0.1, 0.15) is 58.6 Å². The largest absolute Gasteiger partial charge is 0.347 e. The van der Waals surface area contributed by atoms with Gasteiger partial charge in [0.15, 0.2) is 0 Å². The van der Waals surface area contributed by atoms with E-state index in [2.05, 4.69) is 11.4 Å². The smallest absolute Gasteiger partial charge is 0.261 e. The summed E-state index contributed by atoms with van der Waals surface area (Å²) in [6.07, 6.45) is 9.86. The third-order valence-electron chi connectivity index (χ3n) is 4.76. The first kappa shape index (κ1) is 16.8. The summed E-state index contributed by atoms with van der Waals surface area (Å²) in [5.74, 6) is 0.662. The average molecular weight is 329 g/mol. The first-order valence-electron chi connectivity index (χ1n) is 7.90. The molecule has 21 heavy (non-hydrogen) atoms. The van der Waals surface area contributed by atoms with Crippen molar-refractivity contribution >= 4 is 29.7 Å². The molecule has 0 radical (unpaired) electrons. The molecule has 0 bridgehead atoms. The maximum absolute atomic E-state index is 12.4. The number of nitrogens with one attached hydrogen (secondary N) is 1. The van der Waals surface area contributed by atoms with Crippen LogP contribution in [-0.4, -0.2) is 18.5 Å². The predicted octanol–water partition coefficient (Wildman–Crippen LogP) is 3.30. The average Bonchev–Trinajstić information content (AvgIpc) is 3.06. The van der Waals surface area contributed by atoms with Gasteiger partial charge >= 0.3 is 0 Å². The minimum Gasteiger partial charge on any atom is -0.347 e. The van der Waals surface area contributed by atoms with E-state index in [-0.39, 0.29) is 24.4 Å². The minimum absolute atomic E-state index is 0. The van der Waals surface area contributed by atoms with Crippen LogP contribution in [0.3, 0.4) is 0 Å². The van der Waals surface area contributed by atoms with Crippen LogP contribution in [0.2, 0.25) is 0 Å². The molecule has 0 aliphatic heterocycles. The Hall–Kier alpha value is -0.580. The van der Waals surface area contributed by atoms with Gasteiger partial charge in [0, 0.05) is 17.5 Å². The Labute approximate surface area is 137 Å². The number of amides is 1. The molecule has 118 valence electrons. The fraction of sp³-hybridized carbons (Fsp3) is 0.688. The Morgan fingerprint density at radius 2 is 2.05 bits per heavy atom. The van der Waals surface area contributed by atoms with Gasteiger partial charge in [-0.05, 0) is 49.7 Å². The van der Waals surface area contributed by atoms with Gasteiger partial charge in [0.2, 0.25) is 0 Å². The van der Waals surface area contributed by atoms with Gasteiger partial charge in [-0.2, -0.15) is 0 Å². The van der Waals surface area contributed by atoms with Crippen LogP contribution in [0, 0.1) is 5.92 Å². The van der Waals surface area contributed by atoms with E-state index in [1.165, 1.54) is 49.0 Å². The summed E-state index contributed by atoms with van der Waals surface area (Å²) in [5.41, 5.74) is 7.28. The van der Waals surface area contributed by atoms with Gasteiger partial charge in [-0.25, -0.2) is 0 Å². The van der Waals surface area contributed by atoms with E-state index in [0.29, 0.717) is 12.5 Å². The molecule has 1 saturated carbocycles. The van der Waals surface area contributed by atoms with Crippen molar-refractivity contribution in [1.29, 1.82) is 0 Å². The highest BCUT2D eigenvalue weighted by Crippen LogP contribution is 2.31. The molecule has 3 nitrogen and oxygen atoms in total. The molecule has 1 atom stereocenters. The highest BCUT2D eigenvalue weighted by Gasteiger charge is 2.25. The lowest BCUT2D eigenvalue weighted by atomic mass is 9.84. The lowest BCUT2D eigenvalue weighted by molar-refractivity contribution is 0.0919. The summed E-state index contributed by atoms with van der Waals surface area (Å²) in [5, 5.41) is 3.19. The lowest BCUT2D eigenvalue weighted by Crippen LogP contribution is -2.45. The van der Waals surface area contributed by atoms with E-state index in [1.807, 2.05) is 0 Å². The summed E-state index contributed by atoms with van der Waals surface area (Å²) in [4.78, 5) is 14.7. The SMILES string of the molecule is Cl.NCC(NC(=O)c1cc2c(s1)CCC2)C1CCCCC1. The van der Waals surface area contributed by atoms with E-state index in [9.17, 15) is 4.79 Å². The number of carbonyl (C=O) groups is 1. The summed E-state index contributed by atoms with van der Waals surface area (Å²) in [7, 11) is 0. The Morgan fingerprint density at radius 3 is 2.71 bits per heavy atom. The molecule has 0 saturated heterocycles. The number of hydrogen-bond donors (Lipinski definition) is 2. The van der Waals surface area contributed by atoms with Crippen molar-refractivity contribution in [2.24, 2.45) is 11.7 Å². The molecule has 1 aromatic rings. The molecule has 2 aliphatic carbocycles. The zero-order chi connectivity index (χ0) is 13.9. The molecule has 1 heterocycles. The van der Waals surface area contributed by atoms with Gasteiger partial charge in [-0.1, -0.05) is 19.3 Å². The lowest BCUT2D eigenvalue weighted by Gasteiger charge is -2.29. The molecule has 5 heteroatoms. The fourth-order valence-electron chi connectivity index (χ4n) is 3.59. The Kier molecular flexibility index (Phi) is 6.08. The van der Waals surface area contributed by atoms with E-state index < -0.39 is 0 Å². The minimum atomic E-state index is 0. The number of fused-ring (bicyclic) bond motifs is 1. The topological polar surface area (TPSA) is 55.1 Å². The van der Waals surface area contributed by atoms with Crippen LogP contribution in [-0.2, 0) is 12.8 Å². The Morgan fingerprint density at radius 1 is 1.29 bits per heavy atom. The van der Waals surface area contributed by atoms with Gasteiger partial charge in [0.25, 0.3) is 5.91 Å². The van der Waals surface area contributed by atoms with Gasteiger partial charge in [-0.15, -0.1) is 23.7 Å². The van der Waals surface area contributed by atoms with Crippen molar-refractivity contribution in [3.63, 3.8) is 0 Å². The number of carbonyl (C=O) groups excluding carboxylic acids is 1. The number of nitrogens with two attached hydrogens (primary N) is 1. The van der Waals surface area contributed by atoms with Crippen LogP contribution in [0.25, 0.3) is 0 Å². The standard InChI is InChI=1S/C16H24N2OS.ClH/c17-10-13(11-5-2-1-3-6-11)18-16(19)15-9-12-7-4-8-14(12)20-15;/h9,11,13H,1-8,10,17H2,(H,18,19);1H. The normalized spacial score (nSPS) is 19.7. The van der Waals surface area contributed by atoms with Gasteiger partial charge in [0.1, 0.15) is 0 Å². The molecular formula is C16H25ClN2OS. The number of rotatable bonds is 4. The number of halogens is 1. The molecule has 2 aliphatic rings. The third-order valence-corrected chi connectivity index (χ3v) is 6.00. The third kappa shape index (κ3) is 3.79. The second-order valence-electron chi connectivity index (χ2n) is 6.13. The highest BCUT2D eigenvalue weighted by atomic mass is 35.5. The zero-order valence-corrected chi connectivity index (χ0v) is 14.0.